The smallest absolute Gasteiger partial charge is 0.254 e. The number of ether oxygens (including phenoxy) is 2. The van der Waals surface area contributed by atoms with Crippen LogP contribution in [0.2, 0.25) is 0 Å². The summed E-state index contributed by atoms with van der Waals surface area (Å²) in [5.41, 5.74) is 0.437. The van der Waals surface area contributed by atoms with Crippen LogP contribution in [0, 0.1) is 17.8 Å². The first-order chi connectivity index (χ1) is 18.7. The van der Waals surface area contributed by atoms with Crippen molar-refractivity contribution in [1.29, 1.82) is 0 Å². The number of fused-ring (bicyclic) bond motifs is 1. The molecular formula is C25H34N8O6. The van der Waals surface area contributed by atoms with Gasteiger partial charge in [-0.25, -0.2) is 0 Å². The number of likely N-dealkylation sites (tertiary alicyclic amines) is 2. The molecule has 4 rings (SSSR count). The normalized spacial score (nSPS) is 20.4. The Balaban J connectivity index is 1.52. The van der Waals surface area contributed by atoms with Gasteiger partial charge in [-0.05, 0) is 43.9 Å². The van der Waals surface area contributed by atoms with Gasteiger partial charge in [-0.1, -0.05) is 5.21 Å². The van der Waals surface area contributed by atoms with Crippen molar-refractivity contribution in [3.63, 3.8) is 0 Å². The summed E-state index contributed by atoms with van der Waals surface area (Å²) in [6.45, 7) is 4.91. The molecule has 2 saturated heterocycles. The van der Waals surface area contributed by atoms with E-state index >= 15 is 0 Å². The zero-order valence-electron chi connectivity index (χ0n) is 22.5. The number of likely N-dealkylation sites (N-methyl/N-ethyl adjacent to an activating group) is 1. The number of aromatic amines is 1. The van der Waals surface area contributed by atoms with E-state index in [1.54, 1.807) is 28.0 Å². The van der Waals surface area contributed by atoms with Gasteiger partial charge in [-0.3, -0.25) is 19.2 Å². The molecule has 2 aliphatic rings. The maximum absolute atomic E-state index is 13.5. The highest BCUT2D eigenvalue weighted by molar-refractivity contribution is 5.95. The second-order valence-corrected chi connectivity index (χ2v) is 9.97. The predicted octanol–water partition coefficient (Wildman–Crippen LogP) is -0.753. The molecule has 3 unspecified atom stereocenters. The molecule has 1 aromatic heterocycles. The van der Waals surface area contributed by atoms with Crippen LogP contribution in [0.1, 0.15) is 30.0 Å². The van der Waals surface area contributed by atoms with Gasteiger partial charge in [-0.15, -0.1) is 10.2 Å². The van der Waals surface area contributed by atoms with Gasteiger partial charge in [0.25, 0.3) is 5.91 Å². The number of aromatic nitrogens is 4. The summed E-state index contributed by atoms with van der Waals surface area (Å²) in [4.78, 5) is 54.8. The average molecular weight is 543 g/mol. The Hall–Kier alpha value is -4.23. The Morgan fingerprint density at radius 3 is 2.54 bits per heavy atom. The third-order valence-corrected chi connectivity index (χ3v) is 7.03. The molecule has 0 bridgehead atoms. The molecular weight excluding hydrogens is 508 g/mol. The minimum Gasteiger partial charge on any atom is -0.493 e. The molecule has 0 spiro atoms. The molecule has 14 nitrogen and oxygen atoms in total. The third-order valence-electron chi connectivity index (χ3n) is 7.03. The predicted molar refractivity (Wildman–Crippen MR) is 137 cm³/mol. The molecule has 3 N–H and O–H groups in total. The van der Waals surface area contributed by atoms with Crippen LogP contribution in [0.5, 0.6) is 11.5 Å². The number of nitrogens with one attached hydrogen (secondary N) is 3. The van der Waals surface area contributed by atoms with E-state index in [2.05, 4.69) is 31.3 Å². The first-order valence-electron chi connectivity index (χ1n) is 12.8. The summed E-state index contributed by atoms with van der Waals surface area (Å²) in [7, 11) is 3.00. The monoisotopic (exact) mass is 542 g/mol. The molecule has 14 heteroatoms. The Labute approximate surface area is 225 Å². The van der Waals surface area contributed by atoms with Gasteiger partial charge in [0.1, 0.15) is 0 Å². The number of H-pyrrole nitrogens is 1. The molecule has 0 radical (unpaired) electrons. The number of methoxy groups -OCH3 is 1. The van der Waals surface area contributed by atoms with Crippen molar-refractivity contribution in [3.8, 4) is 11.5 Å². The van der Waals surface area contributed by atoms with Crippen molar-refractivity contribution in [2.45, 2.75) is 26.4 Å². The van der Waals surface area contributed by atoms with Gasteiger partial charge >= 0.3 is 0 Å². The van der Waals surface area contributed by atoms with Crippen molar-refractivity contribution >= 4 is 23.6 Å². The summed E-state index contributed by atoms with van der Waals surface area (Å²) in [5, 5.41) is 18.6. The lowest BCUT2D eigenvalue weighted by Gasteiger charge is -2.39. The molecule has 2 aliphatic heterocycles. The number of nitrogens with zero attached hydrogens (tertiary/aromatic N) is 5. The average Bonchev–Trinajstić information content (AvgIpc) is 3.60. The van der Waals surface area contributed by atoms with Gasteiger partial charge < -0.3 is 29.9 Å². The van der Waals surface area contributed by atoms with Crippen LogP contribution in [0.3, 0.4) is 0 Å². The van der Waals surface area contributed by atoms with Crippen LogP contribution < -0.4 is 20.1 Å². The molecule has 3 atom stereocenters. The lowest BCUT2D eigenvalue weighted by Crippen LogP contribution is -2.54. The van der Waals surface area contributed by atoms with E-state index < -0.39 is 5.92 Å². The van der Waals surface area contributed by atoms with E-state index in [4.69, 9.17) is 9.47 Å². The van der Waals surface area contributed by atoms with Crippen molar-refractivity contribution in [3.05, 3.63) is 29.6 Å². The number of hydrogen-bond acceptors (Lipinski definition) is 9. The van der Waals surface area contributed by atoms with Crippen LogP contribution in [0.15, 0.2) is 18.2 Å². The van der Waals surface area contributed by atoms with Crippen LogP contribution >= 0.6 is 0 Å². The summed E-state index contributed by atoms with van der Waals surface area (Å²) in [6.07, 6.45) is -0.118. The SMILES string of the molecule is CNC(=O)CNC(=O)C1CN(C(=O)Cc2nn[nH]n2)CC2CN(C(=O)c3ccc(OC(C)C)c(OC)c3)CC21. The second-order valence-electron chi connectivity index (χ2n) is 9.97. The van der Waals surface area contributed by atoms with Crippen molar-refractivity contribution < 1.29 is 28.7 Å². The number of rotatable bonds is 9. The van der Waals surface area contributed by atoms with E-state index in [1.165, 1.54) is 14.2 Å². The van der Waals surface area contributed by atoms with Crippen LogP contribution in [-0.4, -0.2) is 107 Å². The van der Waals surface area contributed by atoms with Gasteiger partial charge in [0.05, 0.1) is 32.1 Å². The minimum absolute atomic E-state index is 0.0561. The van der Waals surface area contributed by atoms with Crippen LogP contribution in [0.4, 0.5) is 0 Å². The fourth-order valence-electron chi connectivity index (χ4n) is 5.15. The molecule has 0 saturated carbocycles. The zero-order chi connectivity index (χ0) is 28.1. The van der Waals surface area contributed by atoms with Gasteiger partial charge in [0.2, 0.25) is 17.7 Å². The molecule has 2 aromatic rings. The molecule has 39 heavy (non-hydrogen) atoms. The summed E-state index contributed by atoms with van der Waals surface area (Å²) in [5.74, 6) is -0.765. The van der Waals surface area contributed by atoms with Gasteiger partial charge in [-0.2, -0.15) is 5.21 Å². The Morgan fingerprint density at radius 1 is 1.10 bits per heavy atom. The maximum atomic E-state index is 13.5. The quantitative estimate of drug-likeness (QED) is 0.369. The van der Waals surface area contributed by atoms with E-state index in [0.29, 0.717) is 36.7 Å². The van der Waals surface area contributed by atoms with E-state index in [-0.39, 0.29) is 66.9 Å². The first kappa shape index (κ1) is 27.8. The lowest BCUT2D eigenvalue weighted by atomic mass is 9.79. The van der Waals surface area contributed by atoms with E-state index in [0.717, 1.165) is 0 Å². The van der Waals surface area contributed by atoms with Crippen molar-refractivity contribution in [2.75, 3.05) is 46.9 Å². The highest BCUT2D eigenvalue weighted by atomic mass is 16.5. The highest BCUT2D eigenvalue weighted by Gasteiger charge is 2.48. The number of tetrazole rings is 1. The van der Waals surface area contributed by atoms with E-state index in [1.807, 2.05) is 13.8 Å². The number of piperidine rings is 1. The number of benzene rings is 1. The first-order valence-corrected chi connectivity index (χ1v) is 12.8. The highest BCUT2D eigenvalue weighted by Crippen LogP contribution is 2.37. The number of carbonyl (C=O) groups excluding carboxylic acids is 4. The third kappa shape index (κ3) is 6.44. The Bertz CT molecular complexity index is 1200. The Morgan fingerprint density at radius 2 is 1.87 bits per heavy atom. The topological polar surface area (TPSA) is 172 Å². The van der Waals surface area contributed by atoms with Crippen molar-refractivity contribution in [2.24, 2.45) is 17.8 Å². The largest absolute Gasteiger partial charge is 0.493 e. The standard InChI is InChI=1S/C25H34N8O6/c1-14(2)39-19-6-5-15(7-20(19)38-4)25(37)33-11-16-10-32(23(35)8-21-28-30-31-29-21)13-18(17(16)12-33)24(36)27-9-22(34)26-3/h5-7,14,16-18H,8-13H2,1-4H3,(H,26,34)(H,27,36)(H,28,29,30,31). The minimum atomic E-state index is -0.600. The summed E-state index contributed by atoms with van der Waals surface area (Å²) in [6, 6.07) is 5.05. The lowest BCUT2D eigenvalue weighted by molar-refractivity contribution is -0.139. The fourth-order valence-corrected chi connectivity index (χ4v) is 5.15. The van der Waals surface area contributed by atoms with Crippen molar-refractivity contribution in [1.82, 2.24) is 41.1 Å². The number of amides is 4. The van der Waals surface area contributed by atoms with Crippen LogP contribution in [-0.2, 0) is 20.8 Å². The molecule has 1 aromatic carbocycles. The molecule has 4 amide bonds. The number of carbonyl (C=O) groups is 4. The number of hydrogen-bond donors (Lipinski definition) is 3. The second kappa shape index (κ2) is 12.1. The van der Waals surface area contributed by atoms with Gasteiger partial charge in [0, 0.05) is 38.8 Å². The molecule has 210 valence electrons. The molecule has 0 aliphatic carbocycles. The van der Waals surface area contributed by atoms with Gasteiger partial charge in [0.15, 0.2) is 17.3 Å². The zero-order valence-corrected chi connectivity index (χ0v) is 22.5. The molecule has 3 heterocycles. The fraction of sp³-hybridized carbons (Fsp3) is 0.560. The maximum Gasteiger partial charge on any atom is 0.254 e. The summed E-state index contributed by atoms with van der Waals surface area (Å²) >= 11 is 0. The molecule has 2 fully saturated rings. The summed E-state index contributed by atoms with van der Waals surface area (Å²) < 4.78 is 11.2. The Kier molecular flexibility index (Phi) is 8.62. The van der Waals surface area contributed by atoms with E-state index in [9.17, 15) is 19.2 Å². The van der Waals surface area contributed by atoms with Crippen LogP contribution in [0.25, 0.3) is 0 Å².